The maximum absolute atomic E-state index is 12.0. The Hall–Kier alpha value is -3.15. The predicted molar refractivity (Wildman–Crippen MR) is 97.5 cm³/mol. The molecule has 0 aliphatic heterocycles. The van der Waals surface area contributed by atoms with Crippen LogP contribution in [0.3, 0.4) is 0 Å². The maximum atomic E-state index is 12.0. The highest BCUT2D eigenvalue weighted by atomic mass is 16.3. The molecule has 2 atom stereocenters. The molecule has 26 heavy (non-hydrogen) atoms. The van der Waals surface area contributed by atoms with Crippen molar-refractivity contribution in [3.63, 3.8) is 0 Å². The Labute approximate surface area is 151 Å². The Balaban J connectivity index is 1.29. The van der Waals surface area contributed by atoms with Crippen LogP contribution in [0.1, 0.15) is 36.3 Å². The van der Waals surface area contributed by atoms with E-state index in [2.05, 4.69) is 22.2 Å². The highest BCUT2D eigenvalue weighted by Gasteiger charge is 2.36. The molecule has 1 N–H and O–H groups in total. The molecule has 1 saturated carbocycles. The maximum Gasteiger partial charge on any atom is 0.244 e. The van der Waals surface area contributed by atoms with E-state index in [0.29, 0.717) is 24.1 Å². The van der Waals surface area contributed by atoms with E-state index in [9.17, 15) is 4.79 Å². The van der Waals surface area contributed by atoms with Gasteiger partial charge in [-0.05, 0) is 42.2 Å². The fraction of sp³-hybridized carbons (Fsp3) is 0.250. The molecule has 3 heterocycles. The first-order valence-corrected chi connectivity index (χ1v) is 8.68. The van der Waals surface area contributed by atoms with E-state index in [1.165, 1.54) is 12.5 Å². The lowest BCUT2D eigenvalue weighted by molar-refractivity contribution is -0.116. The normalized spacial score (nSPS) is 19.0. The number of hydrogen-bond donors (Lipinski definition) is 1. The minimum Gasteiger partial charge on any atom is -0.461 e. The summed E-state index contributed by atoms with van der Waals surface area (Å²) in [7, 11) is 0. The topological polar surface area (TPSA) is 73.0 Å². The summed E-state index contributed by atoms with van der Waals surface area (Å²) in [5, 5.41) is 2.85. The van der Waals surface area contributed by atoms with Crippen LogP contribution in [-0.2, 0) is 11.3 Å². The van der Waals surface area contributed by atoms with Gasteiger partial charge in [0, 0.05) is 37.1 Å². The van der Waals surface area contributed by atoms with Gasteiger partial charge < -0.3 is 9.73 Å². The van der Waals surface area contributed by atoms with E-state index >= 15 is 0 Å². The Bertz CT molecular complexity index is 910. The molecule has 2 unspecified atom stereocenters. The van der Waals surface area contributed by atoms with E-state index in [1.54, 1.807) is 24.8 Å². The Morgan fingerprint density at radius 3 is 2.96 bits per heavy atom. The number of rotatable bonds is 6. The number of carbonyl (C=O) groups excluding carboxylic acids is 1. The quantitative estimate of drug-likeness (QED) is 0.694. The first-order valence-electron chi connectivity index (χ1n) is 8.68. The van der Waals surface area contributed by atoms with Crippen LogP contribution in [0.2, 0.25) is 0 Å². The van der Waals surface area contributed by atoms with Crippen molar-refractivity contribution >= 4 is 12.0 Å². The molecule has 6 heteroatoms. The molecule has 1 fully saturated rings. The molecule has 1 aliphatic rings. The van der Waals surface area contributed by atoms with Crippen molar-refractivity contribution in [3.8, 4) is 5.82 Å². The van der Waals surface area contributed by atoms with Crippen LogP contribution in [0.4, 0.5) is 0 Å². The first-order chi connectivity index (χ1) is 12.7. The van der Waals surface area contributed by atoms with Crippen LogP contribution in [-0.4, -0.2) is 20.4 Å². The zero-order valence-corrected chi connectivity index (χ0v) is 14.5. The van der Waals surface area contributed by atoms with Gasteiger partial charge in [0.1, 0.15) is 23.7 Å². The van der Waals surface area contributed by atoms with Gasteiger partial charge in [-0.2, -0.15) is 0 Å². The summed E-state index contributed by atoms with van der Waals surface area (Å²) in [5.41, 5.74) is 0.929. The van der Waals surface area contributed by atoms with E-state index in [1.807, 2.05) is 35.0 Å². The second-order valence-corrected chi connectivity index (χ2v) is 6.61. The van der Waals surface area contributed by atoms with E-state index in [0.717, 1.165) is 17.1 Å². The van der Waals surface area contributed by atoms with Crippen LogP contribution < -0.4 is 5.32 Å². The number of imidazole rings is 1. The minimum absolute atomic E-state index is 0.165. The lowest BCUT2D eigenvalue weighted by atomic mass is 10.2. The van der Waals surface area contributed by atoms with Crippen LogP contribution in [0, 0.1) is 5.92 Å². The molecule has 6 nitrogen and oxygen atoms in total. The van der Waals surface area contributed by atoms with Gasteiger partial charge in [-0.15, -0.1) is 0 Å². The summed E-state index contributed by atoms with van der Waals surface area (Å²) in [6, 6.07) is 7.73. The second kappa shape index (κ2) is 7.00. The predicted octanol–water partition coefficient (Wildman–Crippen LogP) is 3.31. The number of nitrogens with one attached hydrogen (secondary N) is 1. The van der Waals surface area contributed by atoms with Crippen LogP contribution in [0.5, 0.6) is 0 Å². The fourth-order valence-electron chi connectivity index (χ4n) is 2.85. The highest BCUT2D eigenvalue weighted by molar-refractivity contribution is 5.91. The van der Waals surface area contributed by atoms with Gasteiger partial charge in [0.05, 0.1) is 0 Å². The third-order valence-corrected chi connectivity index (χ3v) is 4.57. The van der Waals surface area contributed by atoms with E-state index in [4.69, 9.17) is 4.42 Å². The van der Waals surface area contributed by atoms with Gasteiger partial charge in [-0.3, -0.25) is 9.36 Å². The molecule has 1 aliphatic carbocycles. The summed E-state index contributed by atoms with van der Waals surface area (Å²) in [4.78, 5) is 20.3. The van der Waals surface area contributed by atoms with Crippen molar-refractivity contribution in [2.75, 3.05) is 0 Å². The number of furan rings is 1. The van der Waals surface area contributed by atoms with E-state index in [-0.39, 0.29) is 5.91 Å². The van der Waals surface area contributed by atoms with Gasteiger partial charge in [-0.1, -0.05) is 13.0 Å². The van der Waals surface area contributed by atoms with Crippen molar-refractivity contribution in [1.82, 2.24) is 19.9 Å². The summed E-state index contributed by atoms with van der Waals surface area (Å²) >= 11 is 0. The number of hydrogen-bond acceptors (Lipinski definition) is 4. The van der Waals surface area contributed by atoms with Crippen molar-refractivity contribution in [1.29, 1.82) is 0 Å². The number of aromatic nitrogens is 3. The van der Waals surface area contributed by atoms with Gasteiger partial charge in [-0.25, -0.2) is 9.97 Å². The standard InChI is InChI=1S/C20H20N4O2/c1-14-10-17(14)18-5-3-16(26-18)4-7-20(25)23-12-15-2-6-19(22-11-15)24-9-8-21-13-24/h2-9,11,13-14,17H,10,12H2,1H3,(H,23,25)/b7-4+. The van der Waals surface area contributed by atoms with Crippen LogP contribution in [0.25, 0.3) is 11.9 Å². The second-order valence-electron chi connectivity index (χ2n) is 6.61. The molecule has 3 aromatic heterocycles. The highest BCUT2D eigenvalue weighted by Crippen LogP contribution is 2.47. The smallest absolute Gasteiger partial charge is 0.244 e. The minimum atomic E-state index is -0.165. The third kappa shape index (κ3) is 3.74. The number of nitrogens with zero attached hydrogens (tertiary/aromatic N) is 3. The van der Waals surface area contributed by atoms with Crippen molar-refractivity contribution in [2.45, 2.75) is 25.8 Å². The molecule has 3 aromatic rings. The largest absolute Gasteiger partial charge is 0.461 e. The molecule has 132 valence electrons. The lowest BCUT2D eigenvalue weighted by Gasteiger charge is -2.04. The Kier molecular flexibility index (Phi) is 4.39. The van der Waals surface area contributed by atoms with Gasteiger partial charge in [0.15, 0.2) is 0 Å². The summed E-state index contributed by atoms with van der Waals surface area (Å²) < 4.78 is 7.58. The Morgan fingerprint density at radius 1 is 1.38 bits per heavy atom. The SMILES string of the molecule is CC1CC1c1ccc(/C=C/C(=O)NCc2ccc(-n3ccnc3)nc2)o1. The summed E-state index contributed by atoms with van der Waals surface area (Å²) in [6.45, 7) is 2.64. The average Bonchev–Trinajstić information content (AvgIpc) is 3.10. The van der Waals surface area contributed by atoms with Gasteiger partial charge in [0.2, 0.25) is 5.91 Å². The number of carbonyl (C=O) groups is 1. The molecular formula is C20H20N4O2. The molecule has 4 rings (SSSR count). The van der Waals surface area contributed by atoms with Crippen molar-refractivity contribution in [3.05, 3.63) is 72.3 Å². The molecule has 0 saturated heterocycles. The van der Waals surface area contributed by atoms with Gasteiger partial charge in [0.25, 0.3) is 0 Å². The fourth-order valence-corrected chi connectivity index (χ4v) is 2.85. The average molecular weight is 348 g/mol. The zero-order valence-electron chi connectivity index (χ0n) is 14.5. The van der Waals surface area contributed by atoms with E-state index < -0.39 is 0 Å². The third-order valence-electron chi connectivity index (χ3n) is 4.57. The van der Waals surface area contributed by atoms with Gasteiger partial charge >= 0.3 is 0 Å². The molecular weight excluding hydrogens is 328 g/mol. The lowest BCUT2D eigenvalue weighted by Crippen LogP contribution is -2.20. The van der Waals surface area contributed by atoms with Crippen molar-refractivity contribution in [2.24, 2.45) is 5.92 Å². The van der Waals surface area contributed by atoms with Crippen LogP contribution in [0.15, 0.2) is 59.7 Å². The molecule has 0 aromatic carbocycles. The monoisotopic (exact) mass is 348 g/mol. The molecule has 0 radical (unpaired) electrons. The molecule has 1 amide bonds. The van der Waals surface area contributed by atoms with Crippen LogP contribution >= 0.6 is 0 Å². The number of amides is 1. The summed E-state index contributed by atoms with van der Waals surface area (Å²) in [5.74, 6) is 3.60. The zero-order chi connectivity index (χ0) is 17.9. The first kappa shape index (κ1) is 16.3. The number of pyridine rings is 1. The Morgan fingerprint density at radius 2 is 2.27 bits per heavy atom. The van der Waals surface area contributed by atoms with Crippen molar-refractivity contribution < 1.29 is 9.21 Å². The molecule has 0 spiro atoms. The molecule has 0 bridgehead atoms. The summed E-state index contributed by atoms with van der Waals surface area (Å²) in [6.07, 6.45) is 11.4.